The molecule has 0 aliphatic heterocycles. The summed E-state index contributed by atoms with van der Waals surface area (Å²) in [6, 6.07) is 16.7. The monoisotopic (exact) mass is 309 g/mol. The standard InChI is InChI=1S/C19H19NO3/c1-2-23-17(21)14-7-6-10-16(13-14)20-18(22)19(11-12-19)15-8-4-3-5-9-15/h3-10,13H,2,11-12H2,1H3,(H,20,22). The minimum atomic E-state index is -0.429. The number of anilines is 1. The molecule has 0 saturated heterocycles. The Bertz CT molecular complexity index is 720. The van der Waals surface area contributed by atoms with Crippen LogP contribution in [0.4, 0.5) is 5.69 Å². The van der Waals surface area contributed by atoms with E-state index >= 15 is 0 Å². The Balaban J connectivity index is 1.76. The number of rotatable bonds is 5. The first-order valence-electron chi connectivity index (χ1n) is 7.80. The summed E-state index contributed by atoms with van der Waals surface area (Å²) in [5.41, 5.74) is 1.66. The second-order valence-electron chi connectivity index (χ2n) is 5.70. The number of ether oxygens (including phenoxy) is 1. The minimum Gasteiger partial charge on any atom is -0.462 e. The smallest absolute Gasteiger partial charge is 0.338 e. The van der Waals surface area contributed by atoms with E-state index in [0.717, 1.165) is 18.4 Å². The van der Waals surface area contributed by atoms with Crippen molar-refractivity contribution >= 4 is 17.6 Å². The summed E-state index contributed by atoms with van der Waals surface area (Å²) in [4.78, 5) is 24.5. The van der Waals surface area contributed by atoms with E-state index in [1.165, 1.54) is 0 Å². The number of hydrogen-bond donors (Lipinski definition) is 1. The molecule has 23 heavy (non-hydrogen) atoms. The molecule has 0 bridgehead atoms. The highest BCUT2D eigenvalue weighted by molar-refractivity contribution is 6.02. The van der Waals surface area contributed by atoms with Gasteiger partial charge in [0.15, 0.2) is 0 Å². The molecule has 1 aliphatic rings. The number of nitrogens with one attached hydrogen (secondary N) is 1. The maximum absolute atomic E-state index is 12.7. The van der Waals surface area contributed by atoms with Crippen molar-refractivity contribution in [1.82, 2.24) is 0 Å². The van der Waals surface area contributed by atoms with E-state index < -0.39 is 5.41 Å². The Morgan fingerprint density at radius 1 is 1.09 bits per heavy atom. The molecule has 3 rings (SSSR count). The molecule has 1 amide bonds. The van der Waals surface area contributed by atoms with Crippen LogP contribution in [-0.4, -0.2) is 18.5 Å². The lowest BCUT2D eigenvalue weighted by Crippen LogP contribution is -2.27. The lowest BCUT2D eigenvalue weighted by molar-refractivity contribution is -0.118. The fourth-order valence-corrected chi connectivity index (χ4v) is 2.72. The van der Waals surface area contributed by atoms with Gasteiger partial charge >= 0.3 is 5.97 Å². The van der Waals surface area contributed by atoms with Crippen molar-refractivity contribution in [3.8, 4) is 0 Å². The third-order valence-corrected chi connectivity index (χ3v) is 4.14. The van der Waals surface area contributed by atoms with Gasteiger partial charge in [0.05, 0.1) is 17.6 Å². The Labute approximate surface area is 135 Å². The first kappa shape index (κ1) is 15.3. The fourth-order valence-electron chi connectivity index (χ4n) is 2.72. The third kappa shape index (κ3) is 3.11. The molecule has 0 unspecified atom stereocenters. The van der Waals surface area contributed by atoms with Gasteiger partial charge in [-0.25, -0.2) is 4.79 Å². The Hall–Kier alpha value is -2.62. The second kappa shape index (κ2) is 6.24. The zero-order chi connectivity index (χ0) is 16.3. The molecule has 1 saturated carbocycles. The average molecular weight is 309 g/mol. The molecule has 2 aromatic carbocycles. The molecule has 1 fully saturated rings. The summed E-state index contributed by atoms with van der Waals surface area (Å²) in [7, 11) is 0. The molecule has 0 spiro atoms. The van der Waals surface area contributed by atoms with Crippen LogP contribution < -0.4 is 5.32 Å². The topological polar surface area (TPSA) is 55.4 Å². The van der Waals surface area contributed by atoms with Crippen LogP contribution in [0.5, 0.6) is 0 Å². The fraction of sp³-hybridized carbons (Fsp3) is 0.263. The molecule has 0 heterocycles. The summed E-state index contributed by atoms with van der Waals surface area (Å²) in [5, 5.41) is 2.93. The highest BCUT2D eigenvalue weighted by atomic mass is 16.5. The van der Waals surface area contributed by atoms with Gasteiger partial charge in [-0.2, -0.15) is 0 Å². The lowest BCUT2D eigenvalue weighted by Gasteiger charge is -2.16. The molecule has 118 valence electrons. The highest BCUT2D eigenvalue weighted by Crippen LogP contribution is 2.48. The van der Waals surface area contributed by atoms with Gasteiger partial charge in [-0.15, -0.1) is 0 Å². The van der Waals surface area contributed by atoms with Crippen LogP contribution in [0.2, 0.25) is 0 Å². The van der Waals surface area contributed by atoms with E-state index in [2.05, 4.69) is 5.32 Å². The van der Waals surface area contributed by atoms with Crippen LogP contribution in [-0.2, 0) is 14.9 Å². The third-order valence-electron chi connectivity index (χ3n) is 4.14. The molecule has 1 aliphatic carbocycles. The van der Waals surface area contributed by atoms with E-state index in [-0.39, 0.29) is 11.9 Å². The van der Waals surface area contributed by atoms with Crippen molar-refractivity contribution in [3.05, 3.63) is 65.7 Å². The van der Waals surface area contributed by atoms with Crippen molar-refractivity contribution < 1.29 is 14.3 Å². The van der Waals surface area contributed by atoms with E-state index in [4.69, 9.17) is 4.74 Å². The van der Waals surface area contributed by atoms with Gasteiger partial charge in [0.2, 0.25) is 5.91 Å². The highest BCUT2D eigenvalue weighted by Gasteiger charge is 2.51. The van der Waals surface area contributed by atoms with E-state index in [9.17, 15) is 9.59 Å². The predicted octanol–water partition coefficient (Wildman–Crippen LogP) is 3.53. The van der Waals surface area contributed by atoms with Crippen LogP contribution in [0.15, 0.2) is 54.6 Å². The van der Waals surface area contributed by atoms with Crippen LogP contribution in [0.1, 0.15) is 35.7 Å². The molecular formula is C19H19NO3. The quantitative estimate of drug-likeness (QED) is 0.860. The number of hydrogen-bond acceptors (Lipinski definition) is 3. The zero-order valence-corrected chi connectivity index (χ0v) is 13.0. The average Bonchev–Trinajstić information content (AvgIpc) is 3.38. The maximum atomic E-state index is 12.7. The predicted molar refractivity (Wildman–Crippen MR) is 88.4 cm³/mol. The first-order valence-corrected chi connectivity index (χ1v) is 7.80. The number of benzene rings is 2. The number of esters is 1. The van der Waals surface area contributed by atoms with Crippen molar-refractivity contribution in [2.45, 2.75) is 25.2 Å². The van der Waals surface area contributed by atoms with Gasteiger partial charge in [-0.1, -0.05) is 36.4 Å². The first-order chi connectivity index (χ1) is 11.2. The molecule has 2 aromatic rings. The van der Waals surface area contributed by atoms with Crippen molar-refractivity contribution in [2.24, 2.45) is 0 Å². The normalized spacial score (nSPS) is 14.8. The second-order valence-corrected chi connectivity index (χ2v) is 5.70. The lowest BCUT2D eigenvalue weighted by atomic mass is 9.95. The minimum absolute atomic E-state index is 0.0234. The Morgan fingerprint density at radius 2 is 1.83 bits per heavy atom. The largest absolute Gasteiger partial charge is 0.462 e. The van der Waals surface area contributed by atoms with Gasteiger partial charge < -0.3 is 10.1 Å². The summed E-state index contributed by atoms with van der Waals surface area (Å²) in [6.45, 7) is 2.09. The number of carbonyl (C=O) groups excluding carboxylic acids is 2. The molecule has 4 heteroatoms. The number of carbonyl (C=O) groups is 2. The molecule has 1 N–H and O–H groups in total. The number of amides is 1. The molecule has 0 radical (unpaired) electrons. The SMILES string of the molecule is CCOC(=O)c1cccc(NC(=O)C2(c3ccccc3)CC2)c1. The summed E-state index contributed by atoms with van der Waals surface area (Å²) >= 11 is 0. The molecule has 4 nitrogen and oxygen atoms in total. The van der Waals surface area contributed by atoms with Crippen molar-refractivity contribution in [2.75, 3.05) is 11.9 Å². The molecule has 0 aromatic heterocycles. The van der Waals surface area contributed by atoms with E-state index in [1.807, 2.05) is 30.3 Å². The van der Waals surface area contributed by atoms with Gasteiger partial charge in [0.1, 0.15) is 0 Å². The summed E-state index contributed by atoms with van der Waals surface area (Å²) in [6.07, 6.45) is 1.70. The summed E-state index contributed by atoms with van der Waals surface area (Å²) in [5.74, 6) is -0.405. The van der Waals surface area contributed by atoms with Gasteiger partial charge in [0.25, 0.3) is 0 Å². The van der Waals surface area contributed by atoms with Gasteiger partial charge in [-0.05, 0) is 43.5 Å². The Kier molecular flexibility index (Phi) is 4.15. The van der Waals surface area contributed by atoms with E-state index in [0.29, 0.717) is 17.9 Å². The molecular weight excluding hydrogens is 290 g/mol. The van der Waals surface area contributed by atoms with Crippen LogP contribution in [0, 0.1) is 0 Å². The van der Waals surface area contributed by atoms with Gasteiger partial charge in [-0.3, -0.25) is 4.79 Å². The van der Waals surface area contributed by atoms with Crippen molar-refractivity contribution in [1.29, 1.82) is 0 Å². The zero-order valence-electron chi connectivity index (χ0n) is 13.0. The molecule has 0 atom stereocenters. The van der Waals surface area contributed by atoms with Crippen LogP contribution >= 0.6 is 0 Å². The van der Waals surface area contributed by atoms with Gasteiger partial charge in [0, 0.05) is 5.69 Å². The van der Waals surface area contributed by atoms with Crippen LogP contribution in [0.3, 0.4) is 0 Å². The summed E-state index contributed by atoms with van der Waals surface area (Å²) < 4.78 is 4.99. The maximum Gasteiger partial charge on any atom is 0.338 e. The van der Waals surface area contributed by atoms with Crippen molar-refractivity contribution in [3.63, 3.8) is 0 Å². The Morgan fingerprint density at radius 3 is 2.48 bits per heavy atom. The van der Waals surface area contributed by atoms with Crippen LogP contribution in [0.25, 0.3) is 0 Å². The van der Waals surface area contributed by atoms with E-state index in [1.54, 1.807) is 31.2 Å².